The van der Waals surface area contributed by atoms with E-state index in [1.165, 1.54) is 12.1 Å². The summed E-state index contributed by atoms with van der Waals surface area (Å²) in [4.78, 5) is 17.3. The number of halogens is 1. The molecule has 0 fully saturated rings. The minimum absolute atomic E-state index is 0.139. The number of anilines is 1. The zero-order chi connectivity index (χ0) is 15.3. The second kappa shape index (κ2) is 7.45. The lowest BCUT2D eigenvalue weighted by molar-refractivity contribution is 0.0697. The third-order valence-electron chi connectivity index (χ3n) is 2.73. The first kappa shape index (κ1) is 16.7. The molecule has 0 saturated carbocycles. The van der Waals surface area contributed by atoms with E-state index in [1.807, 2.05) is 14.1 Å². The lowest BCUT2D eigenvalue weighted by atomic mass is 10.0. The van der Waals surface area contributed by atoms with Gasteiger partial charge in [-0.05, 0) is 38.6 Å². The standard InChI is InChI=1S/C14H22ClN3O2/c1-9(2)5-11(8-18(3)4)16-13-7-10(14(19)20)6-12(15)17-13/h6-7,9,11H,5,8H2,1-4H3,(H,16,17)(H,19,20). The van der Waals surface area contributed by atoms with Gasteiger partial charge in [-0.15, -0.1) is 0 Å². The fraction of sp³-hybridized carbons (Fsp3) is 0.571. The van der Waals surface area contributed by atoms with Gasteiger partial charge in [0.2, 0.25) is 0 Å². The van der Waals surface area contributed by atoms with Gasteiger partial charge in [0.05, 0.1) is 5.56 Å². The minimum Gasteiger partial charge on any atom is -0.478 e. The molecule has 1 heterocycles. The second-order valence-electron chi connectivity index (χ2n) is 5.60. The number of aromatic carboxylic acids is 1. The fourth-order valence-electron chi connectivity index (χ4n) is 2.09. The Hall–Kier alpha value is -1.33. The first-order valence-electron chi connectivity index (χ1n) is 6.60. The van der Waals surface area contributed by atoms with Gasteiger partial charge in [0, 0.05) is 12.6 Å². The van der Waals surface area contributed by atoms with Crippen LogP contribution in [0.4, 0.5) is 5.82 Å². The minimum atomic E-state index is -1.01. The highest BCUT2D eigenvalue weighted by atomic mass is 35.5. The first-order chi connectivity index (χ1) is 9.27. The Bertz CT molecular complexity index is 454. The van der Waals surface area contributed by atoms with Gasteiger partial charge in [-0.3, -0.25) is 0 Å². The number of carbonyl (C=O) groups is 1. The number of hydrogen-bond acceptors (Lipinski definition) is 4. The summed E-state index contributed by atoms with van der Waals surface area (Å²) >= 11 is 5.86. The number of nitrogens with one attached hydrogen (secondary N) is 1. The molecule has 0 radical (unpaired) electrons. The number of hydrogen-bond donors (Lipinski definition) is 2. The molecule has 1 aromatic rings. The number of rotatable bonds is 7. The Kier molecular flexibility index (Phi) is 6.23. The van der Waals surface area contributed by atoms with Gasteiger partial charge in [0.25, 0.3) is 0 Å². The summed E-state index contributed by atoms with van der Waals surface area (Å²) in [6.07, 6.45) is 0.967. The van der Waals surface area contributed by atoms with E-state index in [0.29, 0.717) is 11.7 Å². The van der Waals surface area contributed by atoms with Crippen LogP contribution in [0.1, 0.15) is 30.6 Å². The van der Waals surface area contributed by atoms with Crippen molar-refractivity contribution in [3.8, 4) is 0 Å². The smallest absolute Gasteiger partial charge is 0.335 e. The van der Waals surface area contributed by atoms with Crippen molar-refractivity contribution in [3.05, 3.63) is 22.8 Å². The van der Waals surface area contributed by atoms with Crippen LogP contribution in [-0.2, 0) is 0 Å². The van der Waals surface area contributed by atoms with E-state index in [9.17, 15) is 4.79 Å². The van der Waals surface area contributed by atoms with E-state index >= 15 is 0 Å². The first-order valence-corrected chi connectivity index (χ1v) is 6.98. The molecule has 5 nitrogen and oxygen atoms in total. The number of likely N-dealkylation sites (N-methyl/N-ethyl adjacent to an activating group) is 1. The molecule has 1 rings (SSSR count). The Balaban J connectivity index is 2.89. The molecule has 1 unspecified atom stereocenters. The summed E-state index contributed by atoms with van der Waals surface area (Å²) in [5, 5.41) is 12.5. The zero-order valence-electron chi connectivity index (χ0n) is 12.4. The summed E-state index contributed by atoms with van der Waals surface area (Å²) in [6, 6.07) is 3.05. The van der Waals surface area contributed by atoms with E-state index < -0.39 is 5.97 Å². The quantitative estimate of drug-likeness (QED) is 0.758. The summed E-state index contributed by atoms with van der Waals surface area (Å²) < 4.78 is 0. The van der Waals surface area contributed by atoms with Gasteiger partial charge in [-0.1, -0.05) is 25.4 Å². The number of pyridine rings is 1. The average molecular weight is 300 g/mol. The molecule has 20 heavy (non-hydrogen) atoms. The van der Waals surface area contributed by atoms with Gasteiger partial charge in [-0.2, -0.15) is 0 Å². The van der Waals surface area contributed by atoms with Gasteiger partial charge in [0.1, 0.15) is 11.0 Å². The monoisotopic (exact) mass is 299 g/mol. The molecule has 1 atom stereocenters. The van der Waals surface area contributed by atoms with Crippen molar-refractivity contribution in [2.75, 3.05) is 26.0 Å². The summed E-state index contributed by atoms with van der Waals surface area (Å²) in [5.41, 5.74) is 0.139. The molecule has 0 aliphatic rings. The third kappa shape index (κ3) is 5.75. The average Bonchev–Trinajstić information content (AvgIpc) is 2.25. The van der Waals surface area contributed by atoms with Crippen LogP contribution in [0.15, 0.2) is 12.1 Å². The Morgan fingerprint density at radius 1 is 1.45 bits per heavy atom. The SMILES string of the molecule is CC(C)CC(CN(C)C)Nc1cc(C(=O)O)cc(Cl)n1. The van der Waals surface area contributed by atoms with E-state index in [-0.39, 0.29) is 16.8 Å². The van der Waals surface area contributed by atoms with Gasteiger partial charge < -0.3 is 15.3 Å². The second-order valence-corrected chi connectivity index (χ2v) is 5.99. The highest BCUT2D eigenvalue weighted by Crippen LogP contribution is 2.17. The summed E-state index contributed by atoms with van der Waals surface area (Å²) in [7, 11) is 4.01. The van der Waals surface area contributed by atoms with Crippen LogP contribution < -0.4 is 5.32 Å². The Labute approximate surface area is 125 Å². The number of nitrogens with zero attached hydrogens (tertiary/aromatic N) is 2. The van der Waals surface area contributed by atoms with Gasteiger partial charge >= 0.3 is 5.97 Å². The third-order valence-corrected chi connectivity index (χ3v) is 2.93. The van der Waals surface area contributed by atoms with Crippen LogP contribution in [0.25, 0.3) is 0 Å². The van der Waals surface area contributed by atoms with Crippen molar-refractivity contribution in [1.82, 2.24) is 9.88 Å². The summed E-state index contributed by atoms with van der Waals surface area (Å²) in [6.45, 7) is 5.14. The highest BCUT2D eigenvalue weighted by Gasteiger charge is 2.14. The maximum Gasteiger partial charge on any atom is 0.335 e. The van der Waals surface area contributed by atoms with Crippen LogP contribution in [0.3, 0.4) is 0 Å². The molecule has 0 saturated heterocycles. The lowest BCUT2D eigenvalue weighted by Crippen LogP contribution is -2.33. The molecule has 0 bridgehead atoms. The van der Waals surface area contributed by atoms with E-state index in [4.69, 9.17) is 16.7 Å². The number of carboxylic acid groups (broad SMARTS) is 1. The largest absolute Gasteiger partial charge is 0.478 e. The van der Waals surface area contributed by atoms with E-state index in [2.05, 4.69) is 29.0 Å². The van der Waals surface area contributed by atoms with Crippen LogP contribution in [-0.4, -0.2) is 47.6 Å². The molecule has 0 aromatic carbocycles. The van der Waals surface area contributed by atoms with Crippen LogP contribution in [0, 0.1) is 5.92 Å². The Morgan fingerprint density at radius 3 is 2.60 bits per heavy atom. The topological polar surface area (TPSA) is 65.5 Å². The molecule has 0 aliphatic heterocycles. The Morgan fingerprint density at radius 2 is 2.10 bits per heavy atom. The van der Waals surface area contributed by atoms with Crippen LogP contribution in [0.2, 0.25) is 5.15 Å². The number of aromatic nitrogens is 1. The maximum atomic E-state index is 11.0. The predicted octanol–water partition coefficient (Wildman–Crippen LogP) is 2.82. The van der Waals surface area contributed by atoms with Gasteiger partial charge in [-0.25, -0.2) is 9.78 Å². The van der Waals surface area contributed by atoms with Gasteiger partial charge in [0.15, 0.2) is 0 Å². The van der Waals surface area contributed by atoms with Crippen molar-refractivity contribution in [3.63, 3.8) is 0 Å². The fourth-order valence-corrected chi connectivity index (χ4v) is 2.30. The molecule has 0 spiro atoms. The summed E-state index contributed by atoms with van der Waals surface area (Å²) in [5.74, 6) is 0.0262. The van der Waals surface area contributed by atoms with E-state index in [0.717, 1.165) is 13.0 Å². The van der Waals surface area contributed by atoms with Crippen LogP contribution in [0.5, 0.6) is 0 Å². The maximum absolute atomic E-state index is 11.0. The molecule has 1 aromatic heterocycles. The van der Waals surface area contributed by atoms with Crippen molar-refractivity contribution < 1.29 is 9.90 Å². The highest BCUT2D eigenvalue weighted by molar-refractivity contribution is 6.29. The predicted molar refractivity (Wildman–Crippen MR) is 81.6 cm³/mol. The normalized spacial score (nSPS) is 12.8. The van der Waals surface area contributed by atoms with Crippen molar-refractivity contribution >= 4 is 23.4 Å². The van der Waals surface area contributed by atoms with E-state index in [1.54, 1.807) is 0 Å². The molecule has 112 valence electrons. The van der Waals surface area contributed by atoms with Crippen molar-refractivity contribution in [2.45, 2.75) is 26.3 Å². The zero-order valence-corrected chi connectivity index (χ0v) is 13.1. The molecule has 6 heteroatoms. The van der Waals surface area contributed by atoms with Crippen molar-refractivity contribution in [1.29, 1.82) is 0 Å². The molecule has 2 N–H and O–H groups in total. The number of carboxylic acids is 1. The van der Waals surface area contributed by atoms with Crippen LogP contribution >= 0.6 is 11.6 Å². The molecular formula is C14H22ClN3O2. The lowest BCUT2D eigenvalue weighted by Gasteiger charge is -2.24. The van der Waals surface area contributed by atoms with Crippen molar-refractivity contribution in [2.24, 2.45) is 5.92 Å². The molecule has 0 amide bonds. The molecular weight excluding hydrogens is 278 g/mol. The molecule has 0 aliphatic carbocycles.